The summed E-state index contributed by atoms with van der Waals surface area (Å²) in [5.74, 6) is 2.38. The number of hydrogen-bond acceptors (Lipinski definition) is 8. The number of ether oxygens (including phenoxy) is 4. The van der Waals surface area contributed by atoms with E-state index in [1.807, 2.05) is 44.2 Å². The molecule has 2 aliphatic heterocycles. The van der Waals surface area contributed by atoms with E-state index in [-0.39, 0.29) is 17.3 Å². The topological polar surface area (TPSA) is 106 Å². The van der Waals surface area contributed by atoms with Crippen molar-refractivity contribution in [2.45, 2.75) is 46.5 Å². The van der Waals surface area contributed by atoms with Gasteiger partial charge < -0.3 is 18.9 Å². The van der Waals surface area contributed by atoms with Gasteiger partial charge in [0.25, 0.3) is 5.91 Å². The summed E-state index contributed by atoms with van der Waals surface area (Å²) in [6.45, 7) is 7.61. The molecule has 0 fully saturated rings. The van der Waals surface area contributed by atoms with E-state index in [0.29, 0.717) is 35.4 Å². The van der Waals surface area contributed by atoms with Crippen molar-refractivity contribution in [1.29, 1.82) is 5.41 Å². The van der Waals surface area contributed by atoms with Crippen LogP contribution in [0.3, 0.4) is 0 Å². The Bertz CT molecular complexity index is 1360. The Kier molecular flexibility index (Phi) is 11.1. The second kappa shape index (κ2) is 14.7. The summed E-state index contributed by atoms with van der Waals surface area (Å²) < 4.78 is 24.0. The molecule has 1 amide bonds. The number of fused-ring (bicyclic) bond motifs is 1. The van der Waals surface area contributed by atoms with Crippen molar-refractivity contribution in [3.8, 4) is 23.0 Å². The Morgan fingerprint density at radius 3 is 2.37 bits per heavy atom. The lowest BCUT2D eigenvalue weighted by Crippen LogP contribution is -2.35. The van der Waals surface area contributed by atoms with Gasteiger partial charge in [0.15, 0.2) is 17.3 Å². The summed E-state index contributed by atoms with van der Waals surface area (Å²) >= 11 is 3.49. The van der Waals surface area contributed by atoms with Gasteiger partial charge in [-0.05, 0) is 88.8 Å². The number of carbonyl (C=O) groups excluding carboxylic acids is 1. The SMILES string of the molecule is CCCCCCOc1ccc(OCCOc2c(I)cc(/C=C3/C(=N)N4N=C(C(C)C)SC4=NC3=O)cc2OC)cc1. The number of nitrogens with one attached hydrogen (secondary N) is 1. The highest BCUT2D eigenvalue weighted by atomic mass is 127. The molecule has 2 aromatic carbocycles. The van der Waals surface area contributed by atoms with E-state index in [1.54, 1.807) is 19.3 Å². The second-order valence-corrected chi connectivity index (χ2v) is 11.9. The van der Waals surface area contributed by atoms with Crippen LogP contribution in [0.15, 0.2) is 52.1 Å². The van der Waals surface area contributed by atoms with Crippen LogP contribution in [0.1, 0.15) is 52.0 Å². The number of halogens is 1. The number of thioether (sulfide) groups is 1. The Morgan fingerprint density at radius 1 is 1.02 bits per heavy atom. The van der Waals surface area contributed by atoms with Gasteiger partial charge in [-0.3, -0.25) is 10.2 Å². The van der Waals surface area contributed by atoms with E-state index < -0.39 is 5.91 Å². The number of carbonyl (C=O) groups is 1. The fourth-order valence-corrected chi connectivity index (χ4v) is 5.70. The van der Waals surface area contributed by atoms with Crippen molar-refractivity contribution in [2.24, 2.45) is 16.0 Å². The molecule has 4 rings (SSSR count). The number of benzene rings is 2. The predicted molar refractivity (Wildman–Crippen MR) is 173 cm³/mol. The largest absolute Gasteiger partial charge is 0.494 e. The second-order valence-electron chi connectivity index (χ2n) is 9.72. The molecule has 41 heavy (non-hydrogen) atoms. The minimum absolute atomic E-state index is 0.00108. The highest BCUT2D eigenvalue weighted by Crippen LogP contribution is 2.36. The number of methoxy groups -OCH3 is 1. The average Bonchev–Trinajstić information content (AvgIpc) is 3.39. The molecule has 0 unspecified atom stereocenters. The van der Waals surface area contributed by atoms with E-state index in [9.17, 15) is 4.79 Å². The third kappa shape index (κ3) is 8.03. The summed E-state index contributed by atoms with van der Waals surface area (Å²) in [6.07, 6.45) is 6.34. The lowest BCUT2D eigenvalue weighted by Gasteiger charge is -2.20. The van der Waals surface area contributed by atoms with Crippen LogP contribution in [0.25, 0.3) is 6.08 Å². The first-order chi connectivity index (χ1) is 19.8. The number of rotatable bonds is 14. The molecule has 2 aromatic rings. The molecule has 1 N–H and O–H groups in total. The van der Waals surface area contributed by atoms with Gasteiger partial charge in [0.05, 0.1) is 22.9 Å². The Morgan fingerprint density at radius 2 is 1.71 bits per heavy atom. The molecule has 0 saturated carbocycles. The normalized spacial score (nSPS) is 15.7. The lowest BCUT2D eigenvalue weighted by molar-refractivity contribution is -0.114. The van der Waals surface area contributed by atoms with Crippen molar-refractivity contribution in [3.63, 3.8) is 0 Å². The zero-order valence-electron chi connectivity index (χ0n) is 23.7. The minimum atomic E-state index is -0.466. The molecule has 2 heterocycles. The number of hydrazone groups is 1. The molecule has 9 nitrogen and oxygen atoms in total. The number of hydrogen-bond donors (Lipinski definition) is 1. The van der Waals surface area contributed by atoms with E-state index in [2.05, 4.69) is 39.6 Å². The Balaban J connectivity index is 1.34. The molecule has 2 aliphatic rings. The van der Waals surface area contributed by atoms with Crippen molar-refractivity contribution < 1.29 is 23.7 Å². The lowest BCUT2D eigenvalue weighted by atomic mass is 10.1. The van der Waals surface area contributed by atoms with Crippen LogP contribution in [-0.2, 0) is 4.79 Å². The van der Waals surface area contributed by atoms with Gasteiger partial charge in [0.2, 0.25) is 5.17 Å². The van der Waals surface area contributed by atoms with E-state index in [4.69, 9.17) is 24.4 Å². The van der Waals surface area contributed by atoms with Crippen molar-refractivity contribution >= 4 is 62.4 Å². The molecule has 0 bridgehead atoms. The highest BCUT2D eigenvalue weighted by Gasteiger charge is 2.36. The van der Waals surface area contributed by atoms with Gasteiger partial charge in [0.1, 0.15) is 29.8 Å². The number of nitrogens with zero attached hydrogens (tertiary/aromatic N) is 3. The molecule has 218 valence electrons. The molecule has 11 heteroatoms. The first kappa shape index (κ1) is 30.9. The first-order valence-corrected chi connectivity index (χ1v) is 15.6. The maximum absolute atomic E-state index is 12.8. The van der Waals surface area contributed by atoms with Gasteiger partial charge >= 0.3 is 0 Å². The van der Waals surface area contributed by atoms with Gasteiger partial charge in [-0.1, -0.05) is 40.0 Å². The van der Waals surface area contributed by atoms with Gasteiger partial charge in [-0.2, -0.15) is 15.1 Å². The third-order valence-corrected chi connectivity index (χ3v) is 8.23. The monoisotopic (exact) mass is 690 g/mol. The predicted octanol–water partition coefficient (Wildman–Crippen LogP) is 6.99. The van der Waals surface area contributed by atoms with E-state index >= 15 is 0 Å². The van der Waals surface area contributed by atoms with Gasteiger partial charge in [0, 0.05) is 5.92 Å². The molecule has 0 aliphatic carbocycles. The standard InChI is InChI=1S/C30H35IN4O5S/c1-5-6-7-8-13-38-21-9-11-22(12-10-21)39-14-15-40-26-24(31)17-20(18-25(26)37-4)16-23-27(32)35-30(33-28(23)36)41-29(34-35)19(2)3/h9-12,16-19,32H,5-8,13-15H2,1-4H3/b23-16-,32-27?. The number of amides is 1. The fraction of sp³-hybridized carbons (Fsp3) is 0.400. The van der Waals surface area contributed by atoms with Gasteiger partial charge in [-0.25, -0.2) is 0 Å². The Hall–Kier alpha value is -3.06. The maximum atomic E-state index is 12.8. The average molecular weight is 691 g/mol. The van der Waals surface area contributed by atoms with E-state index in [1.165, 1.54) is 36.0 Å². The van der Waals surface area contributed by atoms with Crippen LogP contribution in [-0.4, -0.2) is 53.9 Å². The van der Waals surface area contributed by atoms with Crippen LogP contribution in [0.2, 0.25) is 0 Å². The van der Waals surface area contributed by atoms with Crippen LogP contribution in [0.4, 0.5) is 0 Å². The number of unbranched alkanes of at least 4 members (excludes halogenated alkanes) is 3. The van der Waals surface area contributed by atoms with Crippen LogP contribution < -0.4 is 18.9 Å². The Labute approximate surface area is 259 Å². The molecule has 0 atom stereocenters. The molecule has 0 radical (unpaired) electrons. The minimum Gasteiger partial charge on any atom is -0.494 e. The molecule has 0 spiro atoms. The van der Waals surface area contributed by atoms with Crippen molar-refractivity contribution in [1.82, 2.24) is 5.01 Å². The van der Waals surface area contributed by atoms with Crippen LogP contribution in [0, 0.1) is 14.9 Å². The van der Waals surface area contributed by atoms with Gasteiger partial charge in [-0.15, -0.1) is 0 Å². The number of aliphatic imine (C=N–C) groups is 1. The molecule has 0 saturated heterocycles. The quantitative estimate of drug-likeness (QED) is 0.129. The summed E-state index contributed by atoms with van der Waals surface area (Å²) in [4.78, 5) is 16.9. The molecular formula is C30H35IN4O5S. The summed E-state index contributed by atoms with van der Waals surface area (Å²) in [5, 5.41) is 15.7. The summed E-state index contributed by atoms with van der Waals surface area (Å²) in [5.41, 5.74) is 0.852. The summed E-state index contributed by atoms with van der Waals surface area (Å²) in [7, 11) is 1.56. The smallest absolute Gasteiger partial charge is 0.283 e. The van der Waals surface area contributed by atoms with E-state index in [0.717, 1.165) is 33.1 Å². The zero-order valence-corrected chi connectivity index (χ0v) is 26.7. The third-order valence-electron chi connectivity index (χ3n) is 6.22. The number of amidine groups is 2. The zero-order chi connectivity index (χ0) is 29.4. The highest BCUT2D eigenvalue weighted by molar-refractivity contribution is 14.1. The first-order valence-electron chi connectivity index (χ1n) is 13.7. The molecule has 0 aromatic heterocycles. The fourth-order valence-electron chi connectivity index (χ4n) is 4.02. The van der Waals surface area contributed by atoms with Crippen LogP contribution in [0.5, 0.6) is 23.0 Å². The summed E-state index contributed by atoms with van der Waals surface area (Å²) in [6, 6.07) is 11.2. The maximum Gasteiger partial charge on any atom is 0.283 e. The molecular weight excluding hydrogens is 655 g/mol. The van der Waals surface area contributed by atoms with Crippen LogP contribution >= 0.6 is 34.4 Å². The van der Waals surface area contributed by atoms with Crippen molar-refractivity contribution in [3.05, 3.63) is 51.1 Å². The van der Waals surface area contributed by atoms with Crippen molar-refractivity contribution in [2.75, 3.05) is 26.9 Å².